The van der Waals surface area contributed by atoms with Crippen molar-refractivity contribution in [1.29, 1.82) is 0 Å². The second-order valence-corrected chi connectivity index (χ2v) is 8.84. The lowest BCUT2D eigenvalue weighted by molar-refractivity contribution is -0.105. The van der Waals surface area contributed by atoms with Crippen LogP contribution in [0.1, 0.15) is 23.5 Å². The Morgan fingerprint density at radius 3 is 2.53 bits per heavy atom. The highest BCUT2D eigenvalue weighted by atomic mass is 32.2. The number of carbonyl (C=O) groups excluding carboxylic acids is 1. The number of amides is 1. The van der Waals surface area contributed by atoms with E-state index in [4.69, 9.17) is 10.3 Å². The highest BCUT2D eigenvalue weighted by molar-refractivity contribution is 7.99. The number of aromatic nitrogens is 5. The molecule has 10 nitrogen and oxygen atoms in total. The number of alkyl halides is 3. The van der Waals surface area contributed by atoms with Gasteiger partial charge in [-0.3, -0.25) is 4.79 Å². The number of carbonyl (C=O) groups is 1. The second kappa shape index (κ2) is 9.83. The Hall–Kier alpha value is -3.42. The van der Waals surface area contributed by atoms with E-state index < -0.39 is 17.8 Å². The molecule has 0 bridgehead atoms. The average molecular weight is 495 g/mol. The van der Waals surface area contributed by atoms with Gasteiger partial charge in [0.25, 0.3) is 0 Å². The second-order valence-electron chi connectivity index (χ2n) is 7.55. The number of hydrogen-bond donors (Lipinski definition) is 1. The molecule has 1 aromatic carbocycles. The summed E-state index contributed by atoms with van der Waals surface area (Å²) in [6.07, 6.45) is -3.30. The molecule has 2 N–H and O–H groups in total. The molecule has 34 heavy (non-hydrogen) atoms. The molecule has 1 aliphatic heterocycles. The van der Waals surface area contributed by atoms with Crippen LogP contribution in [0.5, 0.6) is 0 Å². The number of nitrogens with zero attached hydrogens (tertiary/aromatic N) is 7. The minimum Gasteiger partial charge on any atom is -0.368 e. The maximum Gasteiger partial charge on any atom is 0.397 e. The van der Waals surface area contributed by atoms with Crippen LogP contribution < -0.4 is 10.6 Å². The molecule has 180 valence electrons. The standard InChI is InChI=1S/C20H21F3N8O2S/c1-30(12-5-3-2-4-6-12)19-27-14(26-18(24)28-19)15-25-16(33-29-15)17(32)31-9-7-13(8-10-31)34-11-20(21,22)23/h2-6,13H,7-11H2,1H3,(H2,24,26,27,28). The fraction of sp³-hybridized carbons (Fsp3) is 0.400. The first kappa shape index (κ1) is 23.7. The summed E-state index contributed by atoms with van der Waals surface area (Å²) in [5.41, 5.74) is 6.66. The van der Waals surface area contributed by atoms with E-state index >= 15 is 0 Å². The van der Waals surface area contributed by atoms with Crippen LogP contribution in [0, 0.1) is 0 Å². The number of nitrogen functional groups attached to an aromatic ring is 1. The summed E-state index contributed by atoms with van der Waals surface area (Å²) in [6, 6.07) is 9.36. The topological polar surface area (TPSA) is 127 Å². The van der Waals surface area contributed by atoms with Crippen molar-refractivity contribution < 1.29 is 22.5 Å². The molecule has 14 heteroatoms. The molecule has 0 atom stereocenters. The van der Waals surface area contributed by atoms with E-state index in [1.54, 1.807) is 11.9 Å². The number of thioether (sulfide) groups is 1. The van der Waals surface area contributed by atoms with Gasteiger partial charge in [-0.25, -0.2) is 0 Å². The summed E-state index contributed by atoms with van der Waals surface area (Å²) in [7, 11) is 1.76. The molecule has 1 saturated heterocycles. The zero-order valence-electron chi connectivity index (χ0n) is 18.1. The van der Waals surface area contributed by atoms with Crippen LogP contribution in [0.4, 0.5) is 30.8 Å². The van der Waals surface area contributed by atoms with Crippen molar-refractivity contribution >= 4 is 35.3 Å². The summed E-state index contributed by atoms with van der Waals surface area (Å²) >= 11 is 0.866. The molecule has 0 unspecified atom stereocenters. The van der Waals surface area contributed by atoms with Crippen LogP contribution in [-0.2, 0) is 0 Å². The van der Waals surface area contributed by atoms with E-state index in [0.29, 0.717) is 25.9 Å². The molecule has 4 rings (SSSR count). The predicted octanol–water partition coefficient (Wildman–Crippen LogP) is 3.17. The zero-order valence-corrected chi connectivity index (χ0v) is 18.9. The lowest BCUT2D eigenvalue weighted by Gasteiger charge is -2.30. The fourth-order valence-electron chi connectivity index (χ4n) is 3.37. The van der Waals surface area contributed by atoms with Gasteiger partial charge in [0.1, 0.15) is 0 Å². The largest absolute Gasteiger partial charge is 0.397 e. The first-order valence-corrected chi connectivity index (χ1v) is 11.4. The highest BCUT2D eigenvalue weighted by Gasteiger charge is 2.32. The Morgan fingerprint density at radius 1 is 1.15 bits per heavy atom. The van der Waals surface area contributed by atoms with Crippen LogP contribution in [0.15, 0.2) is 34.9 Å². The summed E-state index contributed by atoms with van der Waals surface area (Å²) in [4.78, 5) is 32.6. The minimum absolute atomic E-state index is 0.0317. The first-order valence-electron chi connectivity index (χ1n) is 10.3. The van der Waals surface area contributed by atoms with Gasteiger partial charge in [-0.2, -0.15) is 33.1 Å². The van der Waals surface area contributed by atoms with E-state index in [2.05, 4.69) is 25.1 Å². The van der Waals surface area contributed by atoms with Gasteiger partial charge >= 0.3 is 18.0 Å². The van der Waals surface area contributed by atoms with Crippen LogP contribution in [0.3, 0.4) is 0 Å². The van der Waals surface area contributed by atoms with Crippen molar-refractivity contribution in [2.24, 2.45) is 0 Å². The monoisotopic (exact) mass is 494 g/mol. The first-order chi connectivity index (χ1) is 16.2. The van der Waals surface area contributed by atoms with Gasteiger partial charge < -0.3 is 20.1 Å². The molecular formula is C20H21F3N8O2S. The fourth-order valence-corrected chi connectivity index (χ4v) is 4.34. The van der Waals surface area contributed by atoms with Crippen molar-refractivity contribution in [3.63, 3.8) is 0 Å². The van der Waals surface area contributed by atoms with Crippen LogP contribution >= 0.6 is 11.8 Å². The third-order valence-corrected chi connectivity index (χ3v) is 6.54. The van der Waals surface area contributed by atoms with Gasteiger partial charge in [0.2, 0.25) is 23.5 Å². The summed E-state index contributed by atoms with van der Waals surface area (Å²) in [5.74, 6) is -1.44. The average Bonchev–Trinajstić information content (AvgIpc) is 3.32. The number of anilines is 3. The number of hydrogen-bond acceptors (Lipinski definition) is 10. The molecule has 1 aliphatic rings. The van der Waals surface area contributed by atoms with E-state index in [1.165, 1.54) is 4.90 Å². The van der Waals surface area contributed by atoms with E-state index in [-0.39, 0.29) is 34.7 Å². The predicted molar refractivity (Wildman–Crippen MR) is 119 cm³/mol. The quantitative estimate of drug-likeness (QED) is 0.546. The molecule has 3 aromatic rings. The van der Waals surface area contributed by atoms with Crippen molar-refractivity contribution in [3.05, 3.63) is 36.2 Å². The molecule has 2 aromatic heterocycles. The summed E-state index contributed by atoms with van der Waals surface area (Å²) in [6.45, 7) is 0.605. The molecule has 0 aliphatic carbocycles. The molecule has 1 amide bonds. The Labute approximate surface area is 196 Å². The van der Waals surface area contributed by atoms with Gasteiger partial charge in [-0.1, -0.05) is 23.4 Å². The minimum atomic E-state index is -4.20. The number of para-hydroxylation sites is 1. The Morgan fingerprint density at radius 2 is 1.85 bits per heavy atom. The number of piperidine rings is 1. The van der Waals surface area contributed by atoms with Crippen LogP contribution in [0.25, 0.3) is 11.6 Å². The highest BCUT2D eigenvalue weighted by Crippen LogP contribution is 2.30. The number of rotatable bonds is 6. The summed E-state index contributed by atoms with van der Waals surface area (Å²) < 4.78 is 42.4. The molecule has 0 spiro atoms. The number of nitrogens with two attached hydrogens (primary N) is 1. The number of halogens is 3. The van der Waals surface area contributed by atoms with E-state index in [9.17, 15) is 18.0 Å². The van der Waals surface area contributed by atoms with Crippen LogP contribution in [0.2, 0.25) is 0 Å². The van der Waals surface area contributed by atoms with Crippen molar-refractivity contribution in [2.45, 2.75) is 24.3 Å². The third kappa shape index (κ3) is 5.73. The smallest absolute Gasteiger partial charge is 0.368 e. The molecule has 0 saturated carbocycles. The van der Waals surface area contributed by atoms with E-state index in [0.717, 1.165) is 17.4 Å². The van der Waals surface area contributed by atoms with Crippen molar-refractivity contribution in [2.75, 3.05) is 36.5 Å². The maximum atomic E-state index is 12.8. The van der Waals surface area contributed by atoms with Crippen LogP contribution in [-0.4, -0.2) is 73.2 Å². The number of benzene rings is 1. The van der Waals surface area contributed by atoms with Gasteiger partial charge in [0, 0.05) is 31.1 Å². The van der Waals surface area contributed by atoms with Crippen molar-refractivity contribution in [1.82, 2.24) is 30.0 Å². The van der Waals surface area contributed by atoms with Gasteiger partial charge in [0.05, 0.1) is 5.75 Å². The molecular weight excluding hydrogens is 473 g/mol. The molecule has 0 radical (unpaired) electrons. The Balaban J connectivity index is 1.43. The normalized spacial score (nSPS) is 14.9. The SMILES string of the molecule is CN(c1ccccc1)c1nc(N)nc(-c2noc(C(=O)N3CCC(SCC(F)(F)F)CC3)n2)n1. The van der Waals surface area contributed by atoms with Gasteiger partial charge in [-0.15, -0.1) is 11.8 Å². The Bertz CT molecular complexity index is 1140. The molecule has 1 fully saturated rings. The van der Waals surface area contributed by atoms with Gasteiger partial charge in [-0.05, 0) is 25.0 Å². The van der Waals surface area contributed by atoms with Crippen molar-refractivity contribution in [3.8, 4) is 11.6 Å². The van der Waals surface area contributed by atoms with Gasteiger partial charge in [0.15, 0.2) is 0 Å². The Kier molecular flexibility index (Phi) is 6.86. The zero-order chi connectivity index (χ0) is 24.3. The van der Waals surface area contributed by atoms with E-state index in [1.807, 2.05) is 30.3 Å². The molecule has 3 heterocycles. The third-order valence-electron chi connectivity index (χ3n) is 5.11. The summed E-state index contributed by atoms with van der Waals surface area (Å²) in [5, 5.41) is 3.64. The maximum absolute atomic E-state index is 12.8. The number of likely N-dealkylation sites (tertiary alicyclic amines) is 1. The lowest BCUT2D eigenvalue weighted by Crippen LogP contribution is -2.39. The lowest BCUT2D eigenvalue weighted by atomic mass is 10.1.